The summed E-state index contributed by atoms with van der Waals surface area (Å²) in [6.07, 6.45) is 3.86. The zero-order chi connectivity index (χ0) is 21.8. The van der Waals surface area contributed by atoms with Crippen molar-refractivity contribution in [3.8, 4) is 0 Å². The number of amides is 3. The Morgan fingerprint density at radius 3 is 2.42 bits per heavy atom. The fourth-order valence-electron chi connectivity index (χ4n) is 5.05. The van der Waals surface area contributed by atoms with E-state index in [1.165, 1.54) is 11.1 Å². The van der Waals surface area contributed by atoms with Crippen molar-refractivity contribution >= 4 is 17.7 Å². The third-order valence-corrected chi connectivity index (χ3v) is 7.06. The molecule has 0 aliphatic carbocycles. The molecule has 3 fully saturated rings. The predicted octanol–water partition coefficient (Wildman–Crippen LogP) is 1.55. The van der Waals surface area contributed by atoms with Gasteiger partial charge >= 0.3 is 0 Å². The van der Waals surface area contributed by atoms with Crippen molar-refractivity contribution in [1.29, 1.82) is 0 Å². The summed E-state index contributed by atoms with van der Waals surface area (Å²) < 4.78 is 0. The first-order chi connectivity index (χ1) is 15.0. The Hall–Kier alpha value is -2.41. The molecule has 3 amide bonds. The average molecular weight is 427 g/mol. The van der Waals surface area contributed by atoms with Gasteiger partial charge in [-0.2, -0.15) is 0 Å². The minimum Gasteiger partial charge on any atom is -0.353 e. The second-order valence-corrected chi connectivity index (χ2v) is 9.10. The van der Waals surface area contributed by atoms with Crippen LogP contribution in [0.1, 0.15) is 43.2 Å². The quantitative estimate of drug-likeness (QED) is 0.775. The van der Waals surface area contributed by atoms with Gasteiger partial charge in [-0.15, -0.1) is 0 Å². The highest BCUT2D eigenvalue weighted by Crippen LogP contribution is 2.24. The number of nitrogens with one attached hydrogen (secondary N) is 1. The Kier molecular flexibility index (Phi) is 6.90. The van der Waals surface area contributed by atoms with Crippen molar-refractivity contribution in [2.45, 2.75) is 51.6 Å². The fourth-order valence-corrected chi connectivity index (χ4v) is 5.05. The Morgan fingerprint density at radius 2 is 1.71 bits per heavy atom. The molecule has 3 aliphatic heterocycles. The second-order valence-electron chi connectivity index (χ2n) is 9.10. The molecule has 0 unspecified atom stereocenters. The number of carbonyl (C=O) groups is 3. The largest absolute Gasteiger partial charge is 0.353 e. The van der Waals surface area contributed by atoms with Crippen LogP contribution >= 0.6 is 0 Å². The molecule has 0 aromatic heterocycles. The van der Waals surface area contributed by atoms with E-state index in [0.29, 0.717) is 26.2 Å². The van der Waals surface area contributed by atoms with Crippen LogP contribution in [0.25, 0.3) is 0 Å². The molecule has 1 atom stereocenters. The molecule has 168 valence electrons. The first-order valence-corrected chi connectivity index (χ1v) is 11.7. The van der Waals surface area contributed by atoms with Gasteiger partial charge in [0.15, 0.2) is 0 Å². The molecule has 7 nitrogen and oxygen atoms in total. The van der Waals surface area contributed by atoms with Crippen LogP contribution < -0.4 is 5.32 Å². The molecule has 31 heavy (non-hydrogen) atoms. The maximum absolute atomic E-state index is 13.0. The molecule has 0 saturated carbocycles. The number of hydrogen-bond donors (Lipinski definition) is 1. The Bertz CT molecular complexity index is 813. The third kappa shape index (κ3) is 5.09. The van der Waals surface area contributed by atoms with Gasteiger partial charge in [-0.25, -0.2) is 0 Å². The normalized spacial score (nSPS) is 23.1. The molecule has 0 bridgehead atoms. The molecule has 0 radical (unpaired) electrons. The summed E-state index contributed by atoms with van der Waals surface area (Å²) >= 11 is 0. The van der Waals surface area contributed by atoms with Gasteiger partial charge in [-0.3, -0.25) is 19.3 Å². The summed E-state index contributed by atoms with van der Waals surface area (Å²) in [7, 11) is 0. The first kappa shape index (κ1) is 21.8. The van der Waals surface area contributed by atoms with Crippen molar-refractivity contribution in [2.24, 2.45) is 5.92 Å². The zero-order valence-corrected chi connectivity index (χ0v) is 18.5. The number of likely N-dealkylation sites (tertiary alicyclic amines) is 2. The lowest BCUT2D eigenvalue weighted by Gasteiger charge is -2.37. The van der Waals surface area contributed by atoms with Crippen molar-refractivity contribution in [1.82, 2.24) is 20.0 Å². The van der Waals surface area contributed by atoms with E-state index in [1.54, 1.807) is 0 Å². The third-order valence-electron chi connectivity index (χ3n) is 7.06. The van der Waals surface area contributed by atoms with Crippen LogP contribution in [-0.4, -0.2) is 77.7 Å². The summed E-state index contributed by atoms with van der Waals surface area (Å²) in [5.74, 6) is 0.259. The van der Waals surface area contributed by atoms with E-state index in [2.05, 4.69) is 29.3 Å². The highest BCUT2D eigenvalue weighted by molar-refractivity contribution is 5.89. The monoisotopic (exact) mass is 426 g/mol. The van der Waals surface area contributed by atoms with Crippen LogP contribution in [-0.2, 0) is 20.9 Å². The smallest absolute Gasteiger partial charge is 0.237 e. The number of rotatable bonds is 5. The number of benzene rings is 1. The summed E-state index contributed by atoms with van der Waals surface area (Å²) in [6.45, 7) is 7.07. The van der Waals surface area contributed by atoms with E-state index < -0.39 is 6.04 Å². The Morgan fingerprint density at radius 1 is 1.00 bits per heavy atom. The molecule has 1 N–H and O–H groups in total. The SMILES string of the molecule is Cc1ccccc1CN1CCNC(=O)[C@@H]1CC(=O)N1CCC(C(=O)N2CCCC2)CC1. The van der Waals surface area contributed by atoms with Crippen molar-refractivity contribution in [2.75, 3.05) is 39.3 Å². The van der Waals surface area contributed by atoms with Gasteiger partial charge < -0.3 is 15.1 Å². The Balaban J connectivity index is 1.33. The van der Waals surface area contributed by atoms with E-state index in [4.69, 9.17) is 0 Å². The molecule has 1 aromatic carbocycles. The van der Waals surface area contributed by atoms with Crippen LogP contribution in [0.5, 0.6) is 0 Å². The summed E-state index contributed by atoms with van der Waals surface area (Å²) in [6, 6.07) is 7.75. The predicted molar refractivity (Wildman–Crippen MR) is 118 cm³/mol. The minimum atomic E-state index is -0.440. The lowest BCUT2D eigenvalue weighted by molar-refractivity contribution is -0.142. The van der Waals surface area contributed by atoms with E-state index >= 15 is 0 Å². The lowest BCUT2D eigenvalue weighted by Crippen LogP contribution is -2.56. The topological polar surface area (TPSA) is 73.0 Å². The standard InChI is InChI=1S/C24H34N4O3/c1-18-6-2-3-7-20(18)17-28-15-10-25-23(30)21(28)16-22(29)26-13-8-19(9-14-26)24(31)27-11-4-5-12-27/h2-3,6-7,19,21H,4-5,8-17H2,1H3,(H,25,30)/t21-/m0/s1. The highest BCUT2D eigenvalue weighted by Gasteiger charge is 2.35. The van der Waals surface area contributed by atoms with E-state index in [9.17, 15) is 14.4 Å². The number of piperidine rings is 1. The van der Waals surface area contributed by atoms with E-state index in [0.717, 1.165) is 45.3 Å². The second kappa shape index (κ2) is 9.81. The average Bonchev–Trinajstić information content (AvgIpc) is 3.32. The van der Waals surface area contributed by atoms with Crippen LogP contribution in [0.4, 0.5) is 0 Å². The molecule has 1 aromatic rings. The molecule has 3 heterocycles. The summed E-state index contributed by atoms with van der Waals surface area (Å²) in [5, 5.41) is 2.92. The van der Waals surface area contributed by atoms with Gasteiger partial charge in [0.1, 0.15) is 0 Å². The zero-order valence-electron chi connectivity index (χ0n) is 18.5. The van der Waals surface area contributed by atoms with Gasteiger partial charge in [0, 0.05) is 51.7 Å². The molecule has 7 heteroatoms. The molecule has 3 aliphatic rings. The highest BCUT2D eigenvalue weighted by atomic mass is 16.2. The minimum absolute atomic E-state index is 0.0175. The fraction of sp³-hybridized carbons (Fsp3) is 0.625. The van der Waals surface area contributed by atoms with Crippen molar-refractivity contribution < 1.29 is 14.4 Å². The number of piperazine rings is 1. The summed E-state index contributed by atoms with van der Waals surface area (Å²) in [5.41, 5.74) is 2.39. The molecule has 3 saturated heterocycles. The van der Waals surface area contributed by atoms with Crippen LogP contribution in [0.2, 0.25) is 0 Å². The van der Waals surface area contributed by atoms with Gasteiger partial charge in [0.2, 0.25) is 17.7 Å². The first-order valence-electron chi connectivity index (χ1n) is 11.7. The lowest BCUT2D eigenvalue weighted by atomic mass is 9.94. The number of hydrogen-bond acceptors (Lipinski definition) is 4. The number of aryl methyl sites for hydroxylation is 1. The van der Waals surface area contributed by atoms with E-state index in [-0.39, 0.29) is 30.1 Å². The number of carbonyl (C=O) groups excluding carboxylic acids is 3. The van der Waals surface area contributed by atoms with Gasteiger partial charge in [0.05, 0.1) is 12.5 Å². The maximum atomic E-state index is 13.0. The molecule has 0 spiro atoms. The number of nitrogens with zero attached hydrogens (tertiary/aromatic N) is 3. The Labute approximate surface area is 184 Å². The molecule has 4 rings (SSSR count). The van der Waals surface area contributed by atoms with Crippen LogP contribution in [0.3, 0.4) is 0 Å². The van der Waals surface area contributed by atoms with Crippen LogP contribution in [0, 0.1) is 12.8 Å². The van der Waals surface area contributed by atoms with E-state index in [1.807, 2.05) is 21.9 Å². The van der Waals surface area contributed by atoms with Gasteiger partial charge in [-0.05, 0) is 43.7 Å². The van der Waals surface area contributed by atoms with Crippen molar-refractivity contribution in [3.05, 3.63) is 35.4 Å². The maximum Gasteiger partial charge on any atom is 0.237 e. The summed E-state index contributed by atoms with van der Waals surface area (Å²) in [4.78, 5) is 44.3. The van der Waals surface area contributed by atoms with Crippen LogP contribution in [0.15, 0.2) is 24.3 Å². The molecular formula is C24H34N4O3. The van der Waals surface area contributed by atoms with Crippen molar-refractivity contribution in [3.63, 3.8) is 0 Å². The van der Waals surface area contributed by atoms with Gasteiger partial charge in [-0.1, -0.05) is 24.3 Å². The molecular weight excluding hydrogens is 392 g/mol. The van der Waals surface area contributed by atoms with Gasteiger partial charge in [0.25, 0.3) is 0 Å².